The number of rotatable bonds is 4. The van der Waals surface area contributed by atoms with Crippen LogP contribution in [0.5, 0.6) is 11.5 Å². The lowest BCUT2D eigenvalue weighted by atomic mass is 10.2. The summed E-state index contributed by atoms with van der Waals surface area (Å²) in [5.74, 6) is -0.831. The normalized spacial score (nSPS) is 10.3. The van der Waals surface area contributed by atoms with E-state index in [4.69, 9.17) is 27.9 Å². The van der Waals surface area contributed by atoms with Gasteiger partial charge in [0.05, 0.1) is 15.6 Å². The van der Waals surface area contributed by atoms with Gasteiger partial charge in [-0.1, -0.05) is 45.2 Å². The van der Waals surface area contributed by atoms with Crippen molar-refractivity contribution in [3.8, 4) is 11.5 Å². The van der Waals surface area contributed by atoms with Gasteiger partial charge >= 0.3 is 6.03 Å². The van der Waals surface area contributed by atoms with Gasteiger partial charge < -0.3 is 10.1 Å². The highest BCUT2D eigenvalue weighted by Gasteiger charge is 2.18. The molecule has 0 bridgehead atoms. The molecule has 3 rings (SSSR count). The van der Waals surface area contributed by atoms with Crippen LogP contribution >= 0.6 is 39.1 Å². The van der Waals surface area contributed by atoms with Gasteiger partial charge in [0.2, 0.25) is 0 Å². The monoisotopic (exact) mass is 496 g/mol. The molecule has 9 heteroatoms. The number of imide groups is 1. The summed E-state index contributed by atoms with van der Waals surface area (Å²) < 4.78 is 20.4. The summed E-state index contributed by atoms with van der Waals surface area (Å²) in [5, 5.41) is 4.59. The minimum Gasteiger partial charge on any atom is -0.456 e. The highest BCUT2D eigenvalue weighted by Crippen LogP contribution is 2.32. The molecular weight excluding hydrogens is 486 g/mol. The number of amides is 3. The number of benzene rings is 3. The zero-order valence-corrected chi connectivity index (χ0v) is 17.6. The van der Waals surface area contributed by atoms with Crippen LogP contribution in [0.2, 0.25) is 10.0 Å². The Kier molecular flexibility index (Phi) is 6.74. The molecule has 0 aliphatic carbocycles. The summed E-state index contributed by atoms with van der Waals surface area (Å²) in [6, 6.07) is 14.6. The minimum atomic E-state index is -0.966. The molecule has 3 amide bonds. The molecule has 0 fully saturated rings. The van der Waals surface area contributed by atoms with Crippen LogP contribution in [0.4, 0.5) is 14.9 Å². The van der Waals surface area contributed by atoms with Crippen LogP contribution in [0, 0.1) is 5.82 Å². The average Bonchev–Trinajstić information content (AvgIpc) is 2.65. The smallest absolute Gasteiger partial charge is 0.326 e. The van der Waals surface area contributed by atoms with E-state index in [2.05, 4.69) is 21.2 Å². The van der Waals surface area contributed by atoms with Gasteiger partial charge in [0.25, 0.3) is 5.91 Å². The number of nitrogens with one attached hydrogen (secondary N) is 2. The summed E-state index contributed by atoms with van der Waals surface area (Å²) in [6.07, 6.45) is 0. The second-order valence-electron chi connectivity index (χ2n) is 5.71. The molecular formula is C20H12BrCl2FN2O3. The highest BCUT2D eigenvalue weighted by atomic mass is 79.9. The van der Waals surface area contributed by atoms with E-state index < -0.39 is 23.3 Å². The molecule has 0 saturated heterocycles. The number of hydrogen-bond donors (Lipinski definition) is 2. The third-order valence-corrected chi connectivity index (χ3v) is 4.79. The van der Waals surface area contributed by atoms with Gasteiger partial charge in [0, 0.05) is 10.2 Å². The Morgan fingerprint density at radius 1 is 0.966 bits per heavy atom. The Morgan fingerprint density at radius 3 is 2.34 bits per heavy atom. The third kappa shape index (κ3) is 5.47. The molecule has 0 saturated carbocycles. The SMILES string of the molecule is O=C(NC(=O)c1c(F)cccc1Cl)Nc1ccc(Oc2ccc(Br)cc2)c(Cl)c1. The zero-order chi connectivity index (χ0) is 21.0. The van der Waals surface area contributed by atoms with Crippen molar-refractivity contribution < 1.29 is 18.7 Å². The number of carbonyl (C=O) groups is 2. The lowest BCUT2D eigenvalue weighted by Gasteiger charge is -2.11. The molecule has 3 aromatic carbocycles. The van der Waals surface area contributed by atoms with Gasteiger partial charge in [-0.05, 0) is 54.6 Å². The fourth-order valence-electron chi connectivity index (χ4n) is 2.33. The number of hydrogen-bond acceptors (Lipinski definition) is 3. The number of halogens is 4. The van der Waals surface area contributed by atoms with Crippen LogP contribution in [0.3, 0.4) is 0 Å². The summed E-state index contributed by atoms with van der Waals surface area (Å²) in [7, 11) is 0. The zero-order valence-electron chi connectivity index (χ0n) is 14.5. The molecule has 0 unspecified atom stereocenters. The molecule has 0 aliphatic rings. The van der Waals surface area contributed by atoms with Crippen molar-refractivity contribution in [1.82, 2.24) is 5.32 Å². The quantitative estimate of drug-likeness (QED) is 0.424. The minimum absolute atomic E-state index is 0.104. The lowest BCUT2D eigenvalue weighted by Crippen LogP contribution is -2.35. The van der Waals surface area contributed by atoms with E-state index in [-0.39, 0.29) is 10.0 Å². The Labute approximate surface area is 183 Å². The van der Waals surface area contributed by atoms with Gasteiger partial charge in [-0.3, -0.25) is 10.1 Å². The largest absolute Gasteiger partial charge is 0.456 e. The predicted molar refractivity (Wildman–Crippen MR) is 114 cm³/mol. The van der Waals surface area contributed by atoms with Crippen LogP contribution in [0.15, 0.2) is 65.1 Å². The molecule has 148 valence electrons. The molecule has 5 nitrogen and oxygen atoms in total. The fraction of sp³-hybridized carbons (Fsp3) is 0. The van der Waals surface area contributed by atoms with E-state index in [1.165, 1.54) is 18.2 Å². The topological polar surface area (TPSA) is 67.4 Å². The number of ether oxygens (including phenoxy) is 1. The molecule has 2 N–H and O–H groups in total. The van der Waals surface area contributed by atoms with E-state index in [1.54, 1.807) is 24.3 Å². The van der Waals surface area contributed by atoms with Crippen molar-refractivity contribution in [2.75, 3.05) is 5.32 Å². The summed E-state index contributed by atoms with van der Waals surface area (Å²) >= 11 is 15.3. The maximum atomic E-state index is 13.8. The van der Waals surface area contributed by atoms with Crippen molar-refractivity contribution in [3.63, 3.8) is 0 Å². The Bertz CT molecular complexity index is 1060. The van der Waals surface area contributed by atoms with Crippen LogP contribution in [0.1, 0.15) is 10.4 Å². The number of carbonyl (C=O) groups excluding carboxylic acids is 2. The molecule has 0 atom stereocenters. The van der Waals surface area contributed by atoms with E-state index in [1.807, 2.05) is 17.4 Å². The second-order valence-corrected chi connectivity index (χ2v) is 7.44. The number of urea groups is 1. The van der Waals surface area contributed by atoms with Gasteiger partial charge in [-0.2, -0.15) is 0 Å². The Morgan fingerprint density at radius 2 is 1.69 bits per heavy atom. The molecule has 0 spiro atoms. The first-order valence-electron chi connectivity index (χ1n) is 8.13. The van der Waals surface area contributed by atoms with Crippen LogP contribution in [0.25, 0.3) is 0 Å². The van der Waals surface area contributed by atoms with E-state index >= 15 is 0 Å². The molecule has 29 heavy (non-hydrogen) atoms. The predicted octanol–water partition coefficient (Wildman–Crippen LogP) is 6.65. The molecule has 0 radical (unpaired) electrons. The van der Waals surface area contributed by atoms with E-state index in [9.17, 15) is 14.0 Å². The molecule has 0 heterocycles. The van der Waals surface area contributed by atoms with E-state index in [0.717, 1.165) is 10.5 Å². The second kappa shape index (κ2) is 9.26. The van der Waals surface area contributed by atoms with Gasteiger partial charge in [-0.25, -0.2) is 9.18 Å². The van der Waals surface area contributed by atoms with Crippen molar-refractivity contribution >= 4 is 56.8 Å². The van der Waals surface area contributed by atoms with Crippen molar-refractivity contribution in [2.45, 2.75) is 0 Å². The van der Waals surface area contributed by atoms with Crippen molar-refractivity contribution in [2.24, 2.45) is 0 Å². The van der Waals surface area contributed by atoms with Crippen LogP contribution < -0.4 is 15.4 Å². The summed E-state index contributed by atoms with van der Waals surface area (Å²) in [5.41, 5.74) is -0.108. The van der Waals surface area contributed by atoms with E-state index in [0.29, 0.717) is 17.2 Å². The Hall–Kier alpha value is -2.61. The average molecular weight is 498 g/mol. The summed E-state index contributed by atoms with van der Waals surface area (Å²) in [4.78, 5) is 24.1. The first-order chi connectivity index (χ1) is 13.8. The number of anilines is 1. The molecule has 3 aromatic rings. The van der Waals surface area contributed by atoms with Crippen molar-refractivity contribution in [3.05, 3.63) is 86.6 Å². The maximum Gasteiger partial charge on any atom is 0.326 e. The molecule has 0 aliphatic heterocycles. The Balaban J connectivity index is 1.65. The lowest BCUT2D eigenvalue weighted by molar-refractivity contribution is 0.0963. The first kappa shape index (κ1) is 21.1. The molecule has 0 aromatic heterocycles. The maximum absolute atomic E-state index is 13.8. The summed E-state index contributed by atoms with van der Waals surface area (Å²) in [6.45, 7) is 0. The highest BCUT2D eigenvalue weighted by molar-refractivity contribution is 9.10. The van der Waals surface area contributed by atoms with Gasteiger partial charge in [-0.15, -0.1) is 0 Å². The fourth-order valence-corrected chi connectivity index (χ4v) is 3.07. The van der Waals surface area contributed by atoms with Crippen LogP contribution in [-0.4, -0.2) is 11.9 Å². The van der Waals surface area contributed by atoms with Crippen molar-refractivity contribution in [1.29, 1.82) is 0 Å². The van der Waals surface area contributed by atoms with Gasteiger partial charge in [0.15, 0.2) is 0 Å². The van der Waals surface area contributed by atoms with Crippen LogP contribution in [-0.2, 0) is 0 Å². The first-order valence-corrected chi connectivity index (χ1v) is 9.67. The van der Waals surface area contributed by atoms with Gasteiger partial charge in [0.1, 0.15) is 17.3 Å². The third-order valence-electron chi connectivity index (χ3n) is 3.65. The standard InChI is InChI=1S/C20H12BrCl2FN2O3/c21-11-4-7-13(8-5-11)29-17-9-6-12(10-15(17)23)25-20(28)26-19(27)18-14(22)2-1-3-16(18)24/h1-10H,(H2,25,26,27,28).